The van der Waals surface area contributed by atoms with E-state index in [1.165, 1.54) is 0 Å². The van der Waals surface area contributed by atoms with Gasteiger partial charge in [0, 0.05) is 88.3 Å². The van der Waals surface area contributed by atoms with E-state index in [-0.39, 0.29) is 0 Å². The zero-order valence-electron chi connectivity index (χ0n) is 71.3. The van der Waals surface area contributed by atoms with Gasteiger partial charge >= 0.3 is 0 Å². The molecule has 18 aromatic carbocycles. The van der Waals surface area contributed by atoms with Crippen LogP contribution in [0.1, 0.15) is 0 Å². The first kappa shape index (κ1) is 77.8. The summed E-state index contributed by atoms with van der Waals surface area (Å²) >= 11 is 0. The van der Waals surface area contributed by atoms with Crippen molar-refractivity contribution in [3.8, 4) is 181 Å². The predicted molar refractivity (Wildman–Crippen MR) is 531 cm³/mol. The average Bonchev–Trinajstić information content (AvgIpc) is 1.59. The normalized spacial score (nSPS) is 11.6. The van der Waals surface area contributed by atoms with Crippen LogP contribution in [0.4, 0.5) is 0 Å². The molecule has 26 aromatic rings. The van der Waals surface area contributed by atoms with Crippen LogP contribution >= 0.6 is 0 Å². The molecule has 16 nitrogen and oxygen atoms in total. The van der Waals surface area contributed by atoms with E-state index in [1.54, 1.807) is 0 Å². The first-order valence-electron chi connectivity index (χ1n) is 44.1. The van der Waals surface area contributed by atoms with Crippen LogP contribution in [0.25, 0.3) is 269 Å². The quantitative estimate of drug-likeness (QED) is 0.0881. The van der Waals surface area contributed by atoms with Crippen molar-refractivity contribution >= 4 is 88.3 Å². The third-order valence-electron chi connectivity index (χ3n) is 24.6. The fourth-order valence-corrected chi connectivity index (χ4v) is 17.6. The van der Waals surface area contributed by atoms with Gasteiger partial charge in [-0.25, -0.2) is 49.8 Å². The molecule has 134 heavy (non-hydrogen) atoms. The number of aromatic nitrogens is 10. The van der Waals surface area contributed by atoms with Crippen LogP contribution < -0.4 is 0 Å². The molecule has 16 heteroatoms. The highest BCUT2D eigenvalue weighted by Gasteiger charge is 2.22. The lowest BCUT2D eigenvalue weighted by molar-refractivity contribution is 0.619. The molecule has 26 rings (SSSR count). The summed E-state index contributed by atoms with van der Waals surface area (Å²) in [7, 11) is 0. The highest BCUT2D eigenvalue weighted by atomic mass is 16.4. The molecule has 0 N–H and O–H groups in total. The molecule has 0 radical (unpaired) electrons. The van der Waals surface area contributed by atoms with Gasteiger partial charge in [0.1, 0.15) is 44.4 Å². The molecule has 0 aliphatic heterocycles. The molecular weight excluding hydrogens is 1650 g/mol. The first-order chi connectivity index (χ1) is 66.3. The lowest BCUT2D eigenvalue weighted by Gasteiger charge is -2.11. The molecule has 0 unspecified atom stereocenters. The van der Waals surface area contributed by atoms with Crippen LogP contribution in [-0.4, -0.2) is 49.8 Å². The highest BCUT2D eigenvalue weighted by Crippen LogP contribution is 2.42. The second kappa shape index (κ2) is 33.0. The van der Waals surface area contributed by atoms with Crippen molar-refractivity contribution in [2.45, 2.75) is 0 Å². The van der Waals surface area contributed by atoms with E-state index >= 15 is 0 Å². The Hall–Kier alpha value is -18.5. The van der Waals surface area contributed by atoms with Gasteiger partial charge in [0.05, 0.1) is 0 Å². The molecule has 0 aliphatic rings. The molecule has 628 valence electrons. The Labute approximate surface area is 765 Å². The summed E-state index contributed by atoms with van der Waals surface area (Å²) in [6.45, 7) is 0. The van der Waals surface area contributed by atoms with Crippen molar-refractivity contribution in [2.24, 2.45) is 0 Å². The van der Waals surface area contributed by atoms with Gasteiger partial charge in [-0.2, -0.15) is 0 Å². The number of rotatable bonds is 16. The maximum absolute atomic E-state index is 6.38. The third kappa shape index (κ3) is 14.8. The smallest absolute Gasteiger partial charge is 0.227 e. The number of furan rings is 2. The van der Waals surface area contributed by atoms with Gasteiger partial charge in [-0.05, 0) is 165 Å². The minimum absolute atomic E-state index is 0.568. The van der Waals surface area contributed by atoms with Crippen molar-refractivity contribution < 1.29 is 26.5 Å². The van der Waals surface area contributed by atoms with Gasteiger partial charge in [0.2, 0.25) is 23.6 Å². The number of nitrogens with zero attached hydrogens (tertiary/aromatic N) is 10. The topological polar surface area (TPSA) is 208 Å². The van der Waals surface area contributed by atoms with Crippen LogP contribution in [-0.2, 0) is 0 Å². The fourth-order valence-electron chi connectivity index (χ4n) is 17.6. The molecule has 0 bridgehead atoms. The van der Waals surface area contributed by atoms with Crippen LogP contribution in [0.15, 0.2) is 451 Å². The number of hydrogen-bond donors (Lipinski definition) is 0. The average molecular weight is 1720 g/mol. The largest absolute Gasteiger partial charge is 0.455 e. The summed E-state index contributed by atoms with van der Waals surface area (Å²) in [6.07, 6.45) is 0. The zero-order valence-corrected chi connectivity index (χ0v) is 71.3. The number of para-hydroxylation sites is 12. The minimum Gasteiger partial charge on any atom is -0.455 e. The van der Waals surface area contributed by atoms with Crippen LogP contribution in [0.3, 0.4) is 0 Å². The lowest BCUT2D eigenvalue weighted by Crippen LogP contribution is -2.00. The molecule has 0 fully saturated rings. The Balaban J connectivity index is 0.000000143. The van der Waals surface area contributed by atoms with Gasteiger partial charge in [-0.15, -0.1) is 0 Å². The third-order valence-corrected chi connectivity index (χ3v) is 24.6. The molecule has 0 atom stereocenters. The minimum atomic E-state index is 0.568. The Morgan fingerprint density at radius 1 is 0.127 bits per heavy atom. The highest BCUT2D eigenvalue weighted by molar-refractivity contribution is 6.11. The second-order valence-corrected chi connectivity index (χ2v) is 32.9. The van der Waals surface area contributed by atoms with Gasteiger partial charge < -0.3 is 26.5 Å². The standard InChI is InChI=1S/2C59H35N5O3/c1-4-19-51-47(14-1)48-16-9-15-46(54(48)65-51)38-26-32-41(33-27-38)57-63-55(39-28-22-36(23-29-39)42-10-7-12-44(34-42)58-60-49-17-2-5-20-52(49)66-58)62-56(64-57)40-30-24-37(25-31-40)43-11-8-13-45(35-43)59-61-50-18-3-6-21-53(50)67-59;1-4-13-51-47(8-1)48-10-7-9-46(54(48)65-51)40-24-30-43(31-25-40)57-63-55(41-26-16-36(17-27-41)38-20-32-44(33-21-38)58-60-49-11-2-5-14-52(49)66-58)62-56(64-57)42-28-18-37(19-29-42)39-22-34-45(35-23-39)59-61-50-12-3-6-15-53(50)67-59/h2*1-35H. The van der Waals surface area contributed by atoms with Crippen molar-refractivity contribution in [3.05, 3.63) is 425 Å². The van der Waals surface area contributed by atoms with Crippen LogP contribution in [0, 0.1) is 0 Å². The Bertz CT molecular complexity index is 8480. The molecule has 8 heterocycles. The molecule has 0 aliphatic carbocycles. The van der Waals surface area contributed by atoms with Crippen LogP contribution in [0.5, 0.6) is 0 Å². The Kier molecular flexibility index (Phi) is 19.1. The van der Waals surface area contributed by atoms with Crippen LogP contribution in [0.2, 0.25) is 0 Å². The Morgan fingerprint density at radius 2 is 0.336 bits per heavy atom. The summed E-state index contributed by atoms with van der Waals surface area (Å²) in [4.78, 5) is 49.3. The number of hydrogen-bond acceptors (Lipinski definition) is 16. The molecule has 8 aromatic heterocycles. The fraction of sp³-hybridized carbons (Fsp3) is 0. The molecule has 0 saturated carbocycles. The van der Waals surface area contributed by atoms with E-state index in [2.05, 4.69) is 253 Å². The lowest BCUT2D eigenvalue weighted by atomic mass is 10.0. The van der Waals surface area contributed by atoms with E-state index in [0.717, 1.165) is 211 Å². The van der Waals surface area contributed by atoms with Crippen molar-refractivity contribution in [1.29, 1.82) is 0 Å². The van der Waals surface area contributed by atoms with E-state index < -0.39 is 0 Å². The number of oxazole rings is 4. The van der Waals surface area contributed by atoms with Gasteiger partial charge in [-0.3, -0.25) is 0 Å². The number of fused-ring (bicyclic) bond motifs is 10. The predicted octanol–water partition coefficient (Wildman–Crippen LogP) is 30.8. The zero-order chi connectivity index (χ0) is 88.5. The van der Waals surface area contributed by atoms with E-state index in [1.807, 2.05) is 182 Å². The summed E-state index contributed by atoms with van der Waals surface area (Å²) in [5.74, 6) is 5.81. The van der Waals surface area contributed by atoms with E-state index in [4.69, 9.17) is 66.4 Å². The second-order valence-electron chi connectivity index (χ2n) is 32.9. The summed E-state index contributed by atoms with van der Waals surface area (Å²) < 4.78 is 37.0. The Morgan fingerprint density at radius 3 is 0.619 bits per heavy atom. The molecule has 0 amide bonds. The van der Waals surface area contributed by atoms with Gasteiger partial charge in [-0.1, -0.05) is 315 Å². The van der Waals surface area contributed by atoms with E-state index in [9.17, 15) is 0 Å². The summed E-state index contributed by atoms with van der Waals surface area (Å²) in [5, 5.41) is 4.39. The first-order valence-corrected chi connectivity index (χ1v) is 44.1. The maximum atomic E-state index is 6.38. The van der Waals surface area contributed by atoms with E-state index in [0.29, 0.717) is 58.5 Å². The maximum Gasteiger partial charge on any atom is 0.227 e. The van der Waals surface area contributed by atoms with Crippen molar-refractivity contribution in [3.63, 3.8) is 0 Å². The van der Waals surface area contributed by atoms with Crippen molar-refractivity contribution in [1.82, 2.24) is 49.8 Å². The summed E-state index contributed by atoms with van der Waals surface area (Å²) in [5.41, 5.74) is 31.3. The summed E-state index contributed by atoms with van der Waals surface area (Å²) in [6, 6.07) is 143. The molecule has 0 saturated heterocycles. The monoisotopic (exact) mass is 1720 g/mol. The number of benzene rings is 18. The molecule has 0 spiro atoms. The SMILES string of the molecule is c1cc(-c2ccc(-c3nc(-c4ccc(-c5cccc(-c6nc7ccccc7o6)c5)cc4)nc(-c4ccc(-c5cccc6c5oc5ccccc56)cc4)n3)cc2)cc(-c2nc3ccccc3o2)c1.c1ccc2oc(-c3ccc(-c4ccc(-c5nc(-c6ccc(-c7ccc(-c8nc9ccccc9o8)cc7)cc6)nc(-c6ccc(-c7cccc8c7oc7ccccc78)cc6)n5)cc4)cc3)nc2c1. The van der Waals surface area contributed by atoms with Gasteiger partial charge in [0.15, 0.2) is 57.3 Å². The molecular formula is C118H70N10O6. The van der Waals surface area contributed by atoms with Gasteiger partial charge in [0.25, 0.3) is 0 Å². The van der Waals surface area contributed by atoms with Crippen molar-refractivity contribution in [2.75, 3.05) is 0 Å².